The van der Waals surface area contributed by atoms with Crippen LogP contribution in [0.2, 0.25) is 0 Å². The van der Waals surface area contributed by atoms with Gasteiger partial charge in [-0.05, 0) is 31.0 Å². The molecule has 0 unspecified atom stereocenters. The summed E-state index contributed by atoms with van der Waals surface area (Å²) in [5, 5.41) is 8.86. The first-order chi connectivity index (χ1) is 12.3. The van der Waals surface area contributed by atoms with Crippen molar-refractivity contribution in [3.63, 3.8) is 0 Å². The van der Waals surface area contributed by atoms with Crippen LogP contribution in [0.15, 0.2) is 23.1 Å². The van der Waals surface area contributed by atoms with Crippen LogP contribution in [0.1, 0.15) is 36.0 Å². The molecule has 9 heteroatoms. The van der Waals surface area contributed by atoms with Gasteiger partial charge in [0.05, 0.1) is 17.6 Å². The Hall–Kier alpha value is -2.13. The molecule has 0 aromatic heterocycles. The lowest BCUT2D eigenvalue weighted by atomic mass is 10.1. The summed E-state index contributed by atoms with van der Waals surface area (Å²) in [5.41, 5.74) is 0.0205. The fourth-order valence-corrected chi connectivity index (χ4v) is 4.47. The minimum Gasteiger partial charge on any atom is -0.496 e. The number of ether oxygens (including phenoxy) is 1. The molecule has 0 atom stereocenters. The quantitative estimate of drug-likeness (QED) is 0.795. The van der Waals surface area contributed by atoms with Crippen molar-refractivity contribution in [3.05, 3.63) is 23.8 Å². The molecule has 1 aromatic rings. The molecule has 0 radical (unpaired) electrons. The number of hydrogen-bond acceptors (Lipinski definition) is 5. The predicted molar refractivity (Wildman–Crippen MR) is 94.8 cm³/mol. The third-order valence-electron chi connectivity index (χ3n) is 4.32. The molecule has 144 valence electrons. The summed E-state index contributed by atoms with van der Waals surface area (Å²) in [6.07, 6.45) is 3.61. The molecule has 1 fully saturated rings. The maximum absolute atomic E-state index is 12.9. The Morgan fingerprint density at radius 3 is 2.35 bits per heavy atom. The number of aliphatic carboxylic acids is 1. The van der Waals surface area contributed by atoms with Crippen molar-refractivity contribution in [2.75, 3.05) is 33.8 Å². The number of hydrogen-bond donors (Lipinski definition) is 1. The maximum atomic E-state index is 12.9. The fourth-order valence-electron chi connectivity index (χ4n) is 2.93. The number of amides is 1. The highest BCUT2D eigenvalue weighted by Gasteiger charge is 2.28. The summed E-state index contributed by atoms with van der Waals surface area (Å²) in [5.74, 6) is -1.58. The van der Waals surface area contributed by atoms with Crippen molar-refractivity contribution < 1.29 is 27.9 Å². The zero-order valence-electron chi connectivity index (χ0n) is 15.0. The van der Waals surface area contributed by atoms with Crippen molar-refractivity contribution in [2.24, 2.45) is 0 Å². The van der Waals surface area contributed by atoms with Crippen molar-refractivity contribution in [1.29, 1.82) is 0 Å². The number of carboxylic acids is 1. The first kappa shape index (κ1) is 20.2. The van der Waals surface area contributed by atoms with E-state index in [0.717, 1.165) is 30.6 Å². The molecule has 1 heterocycles. The van der Waals surface area contributed by atoms with E-state index in [2.05, 4.69) is 0 Å². The van der Waals surface area contributed by atoms with E-state index in [9.17, 15) is 18.0 Å². The number of rotatable bonds is 6. The number of carbonyl (C=O) groups is 2. The Kier molecular flexibility index (Phi) is 6.60. The number of nitrogens with zero attached hydrogens (tertiary/aromatic N) is 2. The van der Waals surface area contributed by atoms with Crippen LogP contribution in [0, 0.1) is 0 Å². The van der Waals surface area contributed by atoms with Gasteiger partial charge in [-0.1, -0.05) is 12.8 Å². The summed E-state index contributed by atoms with van der Waals surface area (Å²) in [7, 11) is -1.02. The minimum atomic E-state index is -3.72. The monoisotopic (exact) mass is 384 g/mol. The van der Waals surface area contributed by atoms with E-state index in [0.29, 0.717) is 13.1 Å². The van der Waals surface area contributed by atoms with Crippen LogP contribution in [-0.4, -0.2) is 68.4 Å². The second-order valence-electron chi connectivity index (χ2n) is 6.24. The lowest BCUT2D eigenvalue weighted by Gasteiger charge is -2.21. The van der Waals surface area contributed by atoms with Crippen LogP contribution >= 0.6 is 0 Å². The van der Waals surface area contributed by atoms with Crippen LogP contribution < -0.4 is 4.74 Å². The molecule has 1 amide bonds. The van der Waals surface area contributed by atoms with Gasteiger partial charge in [0.2, 0.25) is 10.0 Å². The maximum Gasteiger partial charge on any atom is 0.323 e. The number of benzene rings is 1. The summed E-state index contributed by atoms with van der Waals surface area (Å²) in [4.78, 5) is 24.4. The van der Waals surface area contributed by atoms with Gasteiger partial charge < -0.3 is 14.7 Å². The number of carboxylic acid groups (broad SMARTS) is 1. The van der Waals surface area contributed by atoms with Gasteiger partial charge in [0.25, 0.3) is 5.91 Å². The summed E-state index contributed by atoms with van der Waals surface area (Å²) in [6, 6.07) is 4.10. The van der Waals surface area contributed by atoms with Crippen LogP contribution in [-0.2, 0) is 14.8 Å². The number of likely N-dealkylation sites (N-methyl/N-ethyl adjacent to an activating group) is 1. The standard InChI is InChI=1S/C17H24N2O6S/c1-18(12-16(20)21)17(22)14-11-13(7-8-15(14)25-2)26(23,24)19-9-5-3-4-6-10-19/h7-8,11H,3-6,9-10,12H2,1-2H3,(H,20,21). The number of sulfonamides is 1. The first-order valence-electron chi connectivity index (χ1n) is 8.43. The van der Waals surface area contributed by atoms with Crippen molar-refractivity contribution in [1.82, 2.24) is 9.21 Å². The third-order valence-corrected chi connectivity index (χ3v) is 6.22. The molecule has 1 aliphatic heterocycles. The topological polar surface area (TPSA) is 104 Å². The number of methoxy groups -OCH3 is 1. The predicted octanol–water partition coefficient (Wildman–Crippen LogP) is 1.42. The van der Waals surface area contributed by atoms with E-state index < -0.39 is 28.4 Å². The summed E-state index contributed by atoms with van der Waals surface area (Å²) >= 11 is 0. The lowest BCUT2D eigenvalue weighted by molar-refractivity contribution is -0.137. The second-order valence-corrected chi connectivity index (χ2v) is 8.17. The average Bonchev–Trinajstić information content (AvgIpc) is 2.89. The molecule has 1 saturated heterocycles. The molecular weight excluding hydrogens is 360 g/mol. The van der Waals surface area contributed by atoms with Gasteiger partial charge in [0.1, 0.15) is 12.3 Å². The molecule has 1 aliphatic rings. The summed E-state index contributed by atoms with van der Waals surface area (Å²) in [6.45, 7) is 0.415. The Labute approximate surface area is 153 Å². The molecule has 8 nitrogen and oxygen atoms in total. The highest BCUT2D eigenvalue weighted by molar-refractivity contribution is 7.89. The Morgan fingerprint density at radius 1 is 1.19 bits per heavy atom. The highest BCUT2D eigenvalue weighted by atomic mass is 32.2. The van der Waals surface area contributed by atoms with Crippen LogP contribution in [0.25, 0.3) is 0 Å². The zero-order chi connectivity index (χ0) is 19.3. The zero-order valence-corrected chi connectivity index (χ0v) is 15.8. The average molecular weight is 384 g/mol. The first-order valence-corrected chi connectivity index (χ1v) is 9.87. The minimum absolute atomic E-state index is 0.00674. The molecule has 0 aliphatic carbocycles. The van der Waals surface area contributed by atoms with Crippen molar-refractivity contribution >= 4 is 21.9 Å². The van der Waals surface area contributed by atoms with Gasteiger partial charge in [0, 0.05) is 20.1 Å². The number of carbonyl (C=O) groups excluding carboxylic acids is 1. The van der Waals surface area contributed by atoms with Crippen molar-refractivity contribution in [3.8, 4) is 5.75 Å². The Morgan fingerprint density at radius 2 is 1.81 bits per heavy atom. The molecule has 0 spiro atoms. The van der Waals surface area contributed by atoms with Gasteiger partial charge in [0.15, 0.2) is 0 Å². The van der Waals surface area contributed by atoms with Gasteiger partial charge in [-0.2, -0.15) is 4.31 Å². The van der Waals surface area contributed by atoms with Crippen LogP contribution in [0.5, 0.6) is 5.75 Å². The Balaban J connectivity index is 2.39. The van der Waals surface area contributed by atoms with E-state index in [1.165, 1.54) is 36.7 Å². The summed E-state index contributed by atoms with van der Waals surface area (Å²) < 4.78 is 32.4. The van der Waals surface area contributed by atoms with Gasteiger partial charge in [-0.15, -0.1) is 0 Å². The lowest BCUT2D eigenvalue weighted by Crippen LogP contribution is -2.33. The van der Waals surface area contributed by atoms with Crippen LogP contribution in [0.4, 0.5) is 0 Å². The molecule has 0 saturated carbocycles. The highest BCUT2D eigenvalue weighted by Crippen LogP contribution is 2.27. The molecule has 0 bridgehead atoms. The van der Waals surface area contributed by atoms with E-state index in [1.54, 1.807) is 0 Å². The van der Waals surface area contributed by atoms with E-state index in [1.807, 2.05) is 0 Å². The van der Waals surface area contributed by atoms with Gasteiger partial charge >= 0.3 is 5.97 Å². The molecule has 2 rings (SSSR count). The molecular formula is C17H24N2O6S. The molecule has 26 heavy (non-hydrogen) atoms. The van der Waals surface area contributed by atoms with E-state index in [4.69, 9.17) is 9.84 Å². The van der Waals surface area contributed by atoms with Gasteiger partial charge in [-0.25, -0.2) is 8.42 Å². The van der Waals surface area contributed by atoms with Gasteiger partial charge in [-0.3, -0.25) is 9.59 Å². The van der Waals surface area contributed by atoms with Crippen molar-refractivity contribution in [2.45, 2.75) is 30.6 Å². The Bertz CT molecular complexity index is 769. The fraction of sp³-hybridized carbons (Fsp3) is 0.529. The largest absolute Gasteiger partial charge is 0.496 e. The SMILES string of the molecule is COc1ccc(S(=O)(=O)N2CCCCCC2)cc1C(=O)N(C)CC(=O)O. The normalized spacial score (nSPS) is 15.9. The van der Waals surface area contributed by atoms with E-state index >= 15 is 0 Å². The third kappa shape index (κ3) is 4.53. The molecule has 1 N–H and O–H groups in total. The molecule has 1 aromatic carbocycles. The smallest absolute Gasteiger partial charge is 0.323 e. The van der Waals surface area contributed by atoms with E-state index in [-0.39, 0.29) is 16.2 Å². The van der Waals surface area contributed by atoms with Crippen LogP contribution in [0.3, 0.4) is 0 Å². The second kappa shape index (κ2) is 8.50.